The van der Waals surface area contributed by atoms with Crippen molar-refractivity contribution in [1.29, 1.82) is 0 Å². The van der Waals surface area contributed by atoms with E-state index in [0.29, 0.717) is 19.1 Å². The second-order valence-corrected chi connectivity index (χ2v) is 5.71. The van der Waals surface area contributed by atoms with Gasteiger partial charge in [-0.3, -0.25) is 9.78 Å². The van der Waals surface area contributed by atoms with Crippen LogP contribution < -0.4 is 10.6 Å². The molecule has 1 aromatic heterocycles. The van der Waals surface area contributed by atoms with Gasteiger partial charge in [0.25, 0.3) is 0 Å². The summed E-state index contributed by atoms with van der Waals surface area (Å²) in [6.07, 6.45) is 6.93. The van der Waals surface area contributed by atoms with Gasteiger partial charge < -0.3 is 15.5 Å². The van der Waals surface area contributed by atoms with Gasteiger partial charge >= 0.3 is 6.03 Å². The lowest BCUT2D eigenvalue weighted by Crippen LogP contribution is -2.46. The molecule has 6 heteroatoms. The number of hydrogen-bond donors (Lipinski definition) is 2. The number of nitrogens with one attached hydrogen (secondary N) is 2. The van der Waals surface area contributed by atoms with Crippen LogP contribution in [0, 0.1) is 5.92 Å². The third-order valence-corrected chi connectivity index (χ3v) is 4.01. The van der Waals surface area contributed by atoms with E-state index in [9.17, 15) is 9.59 Å². The molecule has 21 heavy (non-hydrogen) atoms. The number of carbonyl (C=O) groups excluding carboxylic acids is 2. The Morgan fingerprint density at radius 2 is 1.76 bits per heavy atom. The molecule has 3 rings (SSSR count). The van der Waals surface area contributed by atoms with Crippen molar-refractivity contribution >= 4 is 17.6 Å². The minimum Gasteiger partial charge on any atom is -0.335 e. The number of anilines is 1. The number of urea groups is 1. The van der Waals surface area contributed by atoms with Gasteiger partial charge in [-0.2, -0.15) is 0 Å². The van der Waals surface area contributed by atoms with Crippen LogP contribution in [0.15, 0.2) is 24.5 Å². The first kappa shape index (κ1) is 13.9. The van der Waals surface area contributed by atoms with Gasteiger partial charge in [0.1, 0.15) is 0 Å². The van der Waals surface area contributed by atoms with Crippen LogP contribution in [0.2, 0.25) is 0 Å². The van der Waals surface area contributed by atoms with E-state index in [-0.39, 0.29) is 17.9 Å². The van der Waals surface area contributed by atoms with Crippen LogP contribution in [0.3, 0.4) is 0 Å². The normalized spacial score (nSPS) is 19.1. The number of aromatic nitrogens is 1. The highest BCUT2D eigenvalue weighted by Gasteiger charge is 2.30. The Labute approximate surface area is 123 Å². The minimum absolute atomic E-state index is 0.0190. The molecule has 6 nitrogen and oxygen atoms in total. The predicted molar refractivity (Wildman–Crippen MR) is 78.7 cm³/mol. The van der Waals surface area contributed by atoms with Crippen molar-refractivity contribution in [3.05, 3.63) is 24.5 Å². The fourth-order valence-electron chi connectivity index (χ4n) is 2.52. The summed E-state index contributed by atoms with van der Waals surface area (Å²) in [7, 11) is 0. The summed E-state index contributed by atoms with van der Waals surface area (Å²) < 4.78 is 0. The molecule has 1 saturated heterocycles. The van der Waals surface area contributed by atoms with Crippen molar-refractivity contribution in [3.8, 4) is 0 Å². The lowest BCUT2D eigenvalue weighted by Gasteiger charge is -2.31. The molecule has 0 bridgehead atoms. The molecule has 0 spiro atoms. The Morgan fingerprint density at radius 3 is 2.38 bits per heavy atom. The first-order valence-electron chi connectivity index (χ1n) is 7.49. The summed E-state index contributed by atoms with van der Waals surface area (Å²) in [5.74, 6) is 0.00610. The van der Waals surface area contributed by atoms with Crippen molar-refractivity contribution in [2.75, 3.05) is 18.4 Å². The molecule has 1 saturated carbocycles. The Balaban J connectivity index is 1.46. The molecule has 1 aliphatic heterocycles. The molecule has 0 radical (unpaired) electrons. The zero-order valence-electron chi connectivity index (χ0n) is 11.9. The molecule has 1 aromatic rings. The topological polar surface area (TPSA) is 74.3 Å². The van der Waals surface area contributed by atoms with E-state index < -0.39 is 0 Å². The molecule has 112 valence electrons. The fourth-order valence-corrected chi connectivity index (χ4v) is 2.52. The average molecular weight is 288 g/mol. The maximum absolute atomic E-state index is 12.2. The number of rotatable bonds is 3. The van der Waals surface area contributed by atoms with Crippen LogP contribution in [0.25, 0.3) is 0 Å². The monoisotopic (exact) mass is 288 g/mol. The van der Waals surface area contributed by atoms with Gasteiger partial charge in [0.05, 0.1) is 0 Å². The second-order valence-electron chi connectivity index (χ2n) is 5.71. The smallest absolute Gasteiger partial charge is 0.317 e. The zero-order valence-corrected chi connectivity index (χ0v) is 11.9. The number of likely N-dealkylation sites (tertiary alicyclic amines) is 1. The molecular weight excluding hydrogens is 268 g/mol. The van der Waals surface area contributed by atoms with Gasteiger partial charge in [-0.1, -0.05) is 0 Å². The third-order valence-electron chi connectivity index (χ3n) is 4.01. The summed E-state index contributed by atoms with van der Waals surface area (Å²) in [5.41, 5.74) is 0.768. The highest BCUT2D eigenvalue weighted by atomic mass is 16.2. The highest BCUT2D eigenvalue weighted by Crippen LogP contribution is 2.22. The fraction of sp³-hybridized carbons (Fsp3) is 0.533. The minimum atomic E-state index is -0.0249. The molecule has 0 aromatic carbocycles. The lowest BCUT2D eigenvalue weighted by atomic mass is 9.96. The summed E-state index contributed by atoms with van der Waals surface area (Å²) in [5, 5.41) is 5.89. The second kappa shape index (κ2) is 6.11. The summed E-state index contributed by atoms with van der Waals surface area (Å²) in [6.45, 7) is 1.29. The SMILES string of the molecule is O=C(Nc1ccncc1)C1CCN(C(=O)NC2CC2)CC1. The molecule has 2 aliphatic rings. The van der Waals surface area contributed by atoms with E-state index in [1.165, 1.54) is 0 Å². The molecule has 2 N–H and O–H groups in total. The summed E-state index contributed by atoms with van der Waals surface area (Å²) in [4.78, 5) is 29.8. The third kappa shape index (κ3) is 3.71. The summed E-state index contributed by atoms with van der Waals surface area (Å²) >= 11 is 0. The lowest BCUT2D eigenvalue weighted by molar-refractivity contribution is -0.121. The van der Waals surface area contributed by atoms with E-state index in [1.54, 1.807) is 24.5 Å². The van der Waals surface area contributed by atoms with Gasteiger partial charge in [0, 0.05) is 43.1 Å². The van der Waals surface area contributed by atoms with Crippen molar-refractivity contribution in [2.24, 2.45) is 5.92 Å². The van der Waals surface area contributed by atoms with Crippen LogP contribution >= 0.6 is 0 Å². The number of nitrogens with zero attached hydrogens (tertiary/aromatic N) is 2. The molecular formula is C15H20N4O2. The molecule has 0 unspecified atom stereocenters. The number of carbonyl (C=O) groups is 2. The van der Waals surface area contributed by atoms with Crippen molar-refractivity contribution in [2.45, 2.75) is 31.7 Å². The van der Waals surface area contributed by atoms with Gasteiger partial charge in [-0.05, 0) is 37.8 Å². The number of piperidine rings is 1. The quantitative estimate of drug-likeness (QED) is 0.887. The van der Waals surface area contributed by atoms with Gasteiger partial charge in [-0.15, -0.1) is 0 Å². The number of hydrogen-bond acceptors (Lipinski definition) is 3. The molecule has 3 amide bonds. The van der Waals surface area contributed by atoms with Crippen molar-refractivity contribution in [3.63, 3.8) is 0 Å². The largest absolute Gasteiger partial charge is 0.335 e. The molecule has 2 fully saturated rings. The van der Waals surface area contributed by atoms with Gasteiger partial charge in [0.15, 0.2) is 0 Å². The van der Waals surface area contributed by atoms with Crippen LogP contribution in [-0.2, 0) is 4.79 Å². The van der Waals surface area contributed by atoms with E-state index in [1.807, 2.05) is 4.90 Å². The van der Waals surface area contributed by atoms with Crippen LogP contribution in [-0.4, -0.2) is 41.0 Å². The number of amides is 3. The summed E-state index contributed by atoms with van der Waals surface area (Å²) in [6, 6.07) is 3.95. The number of pyridine rings is 1. The standard InChI is InChI=1S/C15H20N4O2/c20-14(17-13-3-7-16-8-4-13)11-5-9-19(10-6-11)15(21)18-12-1-2-12/h3-4,7-8,11-12H,1-2,5-6,9-10H2,(H,18,21)(H,16,17,20). The van der Waals surface area contributed by atoms with E-state index in [0.717, 1.165) is 31.4 Å². The Kier molecular flexibility index (Phi) is 4.03. The van der Waals surface area contributed by atoms with Crippen molar-refractivity contribution < 1.29 is 9.59 Å². The first-order valence-corrected chi connectivity index (χ1v) is 7.49. The van der Waals surface area contributed by atoms with Gasteiger partial charge in [-0.25, -0.2) is 4.79 Å². The van der Waals surface area contributed by atoms with E-state index in [2.05, 4.69) is 15.6 Å². The molecule has 2 heterocycles. The van der Waals surface area contributed by atoms with Crippen LogP contribution in [0.1, 0.15) is 25.7 Å². The maximum Gasteiger partial charge on any atom is 0.317 e. The highest BCUT2D eigenvalue weighted by molar-refractivity contribution is 5.92. The Hall–Kier alpha value is -2.11. The van der Waals surface area contributed by atoms with Crippen LogP contribution in [0.4, 0.5) is 10.5 Å². The van der Waals surface area contributed by atoms with Crippen LogP contribution in [0.5, 0.6) is 0 Å². The zero-order chi connectivity index (χ0) is 14.7. The Morgan fingerprint density at radius 1 is 1.10 bits per heavy atom. The predicted octanol–water partition coefficient (Wildman–Crippen LogP) is 1.60. The molecule has 0 atom stereocenters. The first-order chi connectivity index (χ1) is 10.2. The van der Waals surface area contributed by atoms with E-state index in [4.69, 9.17) is 0 Å². The maximum atomic E-state index is 12.2. The van der Waals surface area contributed by atoms with Gasteiger partial charge in [0.2, 0.25) is 5.91 Å². The van der Waals surface area contributed by atoms with E-state index >= 15 is 0 Å². The van der Waals surface area contributed by atoms with Crippen molar-refractivity contribution in [1.82, 2.24) is 15.2 Å². The molecule has 1 aliphatic carbocycles. The Bertz CT molecular complexity index is 508. The average Bonchev–Trinajstić information content (AvgIpc) is 3.32.